The molecule has 1 aliphatic rings. The highest BCUT2D eigenvalue weighted by Crippen LogP contribution is 2.33. The van der Waals surface area contributed by atoms with Gasteiger partial charge < -0.3 is 14.6 Å². The standard InChI is InChI=1S/C15H18O4/c1-10(15(16)17)7-12-5-6-13(18-2)14(8-12)19-9-11-3-4-11/h5-8,11H,3-4,9H2,1-2H3,(H,16,17)/b10-7+. The fraction of sp³-hybridized carbons (Fsp3) is 0.400. The lowest BCUT2D eigenvalue weighted by Gasteiger charge is -2.11. The van der Waals surface area contributed by atoms with Gasteiger partial charge in [-0.1, -0.05) is 6.07 Å². The second-order valence-electron chi connectivity index (χ2n) is 4.80. The molecular weight excluding hydrogens is 244 g/mol. The van der Waals surface area contributed by atoms with Crippen molar-refractivity contribution in [2.75, 3.05) is 13.7 Å². The first kappa shape index (κ1) is 13.5. The Morgan fingerprint density at radius 2 is 2.16 bits per heavy atom. The van der Waals surface area contributed by atoms with Crippen molar-refractivity contribution >= 4 is 12.0 Å². The lowest BCUT2D eigenvalue weighted by molar-refractivity contribution is -0.132. The van der Waals surface area contributed by atoms with E-state index in [1.165, 1.54) is 12.8 Å². The number of carboxylic acid groups (broad SMARTS) is 1. The molecule has 0 unspecified atom stereocenters. The molecule has 4 nitrogen and oxygen atoms in total. The van der Waals surface area contributed by atoms with E-state index in [1.54, 1.807) is 26.2 Å². The van der Waals surface area contributed by atoms with Gasteiger partial charge in [0.25, 0.3) is 0 Å². The second kappa shape index (κ2) is 5.78. The largest absolute Gasteiger partial charge is 0.493 e. The summed E-state index contributed by atoms with van der Waals surface area (Å²) in [5.74, 6) is 1.08. The number of aliphatic carboxylic acids is 1. The molecule has 0 amide bonds. The van der Waals surface area contributed by atoms with Crippen LogP contribution in [-0.2, 0) is 4.79 Å². The fourth-order valence-electron chi connectivity index (χ4n) is 1.70. The molecule has 0 bridgehead atoms. The summed E-state index contributed by atoms with van der Waals surface area (Å²) in [6.45, 7) is 2.26. The minimum Gasteiger partial charge on any atom is -0.493 e. The van der Waals surface area contributed by atoms with Crippen LogP contribution in [0.5, 0.6) is 11.5 Å². The fourth-order valence-corrected chi connectivity index (χ4v) is 1.70. The van der Waals surface area contributed by atoms with Crippen molar-refractivity contribution in [1.82, 2.24) is 0 Å². The number of rotatable bonds is 6. The van der Waals surface area contributed by atoms with Crippen molar-refractivity contribution in [3.63, 3.8) is 0 Å². The van der Waals surface area contributed by atoms with Crippen LogP contribution in [0.2, 0.25) is 0 Å². The highest BCUT2D eigenvalue weighted by atomic mass is 16.5. The Morgan fingerprint density at radius 3 is 2.74 bits per heavy atom. The maximum Gasteiger partial charge on any atom is 0.331 e. The lowest BCUT2D eigenvalue weighted by Crippen LogP contribution is -2.01. The maximum absolute atomic E-state index is 10.8. The molecule has 4 heteroatoms. The number of carbonyl (C=O) groups is 1. The summed E-state index contributed by atoms with van der Waals surface area (Å²) in [5.41, 5.74) is 1.09. The van der Waals surface area contributed by atoms with Crippen molar-refractivity contribution < 1.29 is 19.4 Å². The number of hydrogen-bond acceptors (Lipinski definition) is 3. The number of hydrogen-bond donors (Lipinski definition) is 1. The molecule has 0 atom stereocenters. The first-order valence-electron chi connectivity index (χ1n) is 6.32. The van der Waals surface area contributed by atoms with Crippen molar-refractivity contribution in [3.05, 3.63) is 29.3 Å². The SMILES string of the molecule is COc1ccc(/C=C(\C)C(=O)O)cc1OCC1CC1. The van der Waals surface area contributed by atoms with E-state index >= 15 is 0 Å². The quantitative estimate of drug-likeness (QED) is 0.801. The molecule has 0 radical (unpaired) electrons. The van der Waals surface area contributed by atoms with Crippen LogP contribution in [0.15, 0.2) is 23.8 Å². The molecule has 102 valence electrons. The van der Waals surface area contributed by atoms with Crippen LogP contribution in [0.1, 0.15) is 25.3 Å². The molecule has 0 saturated heterocycles. The second-order valence-corrected chi connectivity index (χ2v) is 4.80. The predicted molar refractivity (Wildman–Crippen MR) is 72.5 cm³/mol. The number of benzene rings is 1. The molecule has 0 aromatic heterocycles. The highest BCUT2D eigenvalue weighted by Gasteiger charge is 2.22. The molecule has 1 aromatic rings. The monoisotopic (exact) mass is 262 g/mol. The summed E-state index contributed by atoms with van der Waals surface area (Å²) in [6.07, 6.45) is 4.06. The molecule has 1 fully saturated rings. The summed E-state index contributed by atoms with van der Waals surface area (Å²) >= 11 is 0. The zero-order chi connectivity index (χ0) is 13.8. The minimum absolute atomic E-state index is 0.290. The van der Waals surface area contributed by atoms with E-state index in [9.17, 15) is 4.79 Å². The summed E-state index contributed by atoms with van der Waals surface area (Å²) in [4.78, 5) is 10.8. The number of ether oxygens (including phenoxy) is 2. The van der Waals surface area contributed by atoms with Gasteiger partial charge in [-0.25, -0.2) is 4.79 Å². The Hall–Kier alpha value is -1.97. The van der Waals surface area contributed by atoms with Crippen molar-refractivity contribution in [2.24, 2.45) is 5.92 Å². The third-order valence-corrected chi connectivity index (χ3v) is 3.08. The average Bonchev–Trinajstić information content (AvgIpc) is 3.20. The molecule has 0 heterocycles. The van der Waals surface area contributed by atoms with Gasteiger partial charge in [0.2, 0.25) is 0 Å². The minimum atomic E-state index is -0.920. The zero-order valence-electron chi connectivity index (χ0n) is 11.2. The van der Waals surface area contributed by atoms with Gasteiger partial charge in [-0.3, -0.25) is 0 Å². The van der Waals surface area contributed by atoms with Crippen LogP contribution in [0.3, 0.4) is 0 Å². The van der Waals surface area contributed by atoms with Gasteiger partial charge >= 0.3 is 5.97 Å². The Kier molecular flexibility index (Phi) is 4.10. The molecular formula is C15H18O4. The van der Waals surface area contributed by atoms with Crippen molar-refractivity contribution in [3.8, 4) is 11.5 Å². The highest BCUT2D eigenvalue weighted by molar-refractivity contribution is 5.91. The van der Waals surface area contributed by atoms with Gasteiger partial charge in [0, 0.05) is 5.57 Å². The molecule has 0 aliphatic heterocycles. The predicted octanol–water partition coefficient (Wildman–Crippen LogP) is 2.97. The first-order valence-corrected chi connectivity index (χ1v) is 6.32. The molecule has 2 rings (SSSR count). The van der Waals surface area contributed by atoms with Crippen LogP contribution in [0.4, 0.5) is 0 Å². The summed E-state index contributed by atoms with van der Waals surface area (Å²) in [6, 6.07) is 5.42. The van der Waals surface area contributed by atoms with E-state index in [0.29, 0.717) is 29.6 Å². The van der Waals surface area contributed by atoms with Crippen LogP contribution in [0.25, 0.3) is 6.08 Å². The Labute approximate surface area is 112 Å². The Balaban J connectivity index is 2.18. The van der Waals surface area contributed by atoms with Crippen molar-refractivity contribution in [2.45, 2.75) is 19.8 Å². The third kappa shape index (κ3) is 3.74. The lowest BCUT2D eigenvalue weighted by atomic mass is 10.1. The summed E-state index contributed by atoms with van der Waals surface area (Å²) in [5, 5.41) is 8.87. The number of carboxylic acids is 1. The zero-order valence-corrected chi connectivity index (χ0v) is 11.2. The smallest absolute Gasteiger partial charge is 0.331 e. The van der Waals surface area contributed by atoms with Gasteiger partial charge in [0.15, 0.2) is 11.5 Å². The molecule has 1 saturated carbocycles. The van der Waals surface area contributed by atoms with E-state index < -0.39 is 5.97 Å². The van der Waals surface area contributed by atoms with E-state index in [0.717, 1.165) is 5.56 Å². The number of methoxy groups -OCH3 is 1. The average molecular weight is 262 g/mol. The molecule has 1 N–H and O–H groups in total. The van der Waals surface area contributed by atoms with Gasteiger partial charge in [-0.2, -0.15) is 0 Å². The Bertz CT molecular complexity index is 501. The van der Waals surface area contributed by atoms with Crippen LogP contribution < -0.4 is 9.47 Å². The maximum atomic E-state index is 10.8. The van der Waals surface area contributed by atoms with Gasteiger partial charge in [0.1, 0.15) is 0 Å². The molecule has 0 spiro atoms. The van der Waals surface area contributed by atoms with Gasteiger partial charge in [-0.15, -0.1) is 0 Å². The van der Waals surface area contributed by atoms with E-state index in [1.807, 2.05) is 12.1 Å². The van der Waals surface area contributed by atoms with Crippen LogP contribution >= 0.6 is 0 Å². The summed E-state index contributed by atoms with van der Waals surface area (Å²) < 4.78 is 11.0. The van der Waals surface area contributed by atoms with Crippen molar-refractivity contribution in [1.29, 1.82) is 0 Å². The third-order valence-electron chi connectivity index (χ3n) is 3.08. The van der Waals surface area contributed by atoms with Crippen LogP contribution in [-0.4, -0.2) is 24.8 Å². The molecule has 1 aliphatic carbocycles. The van der Waals surface area contributed by atoms with E-state index in [4.69, 9.17) is 14.6 Å². The Morgan fingerprint density at radius 1 is 1.42 bits per heavy atom. The molecule has 1 aromatic carbocycles. The van der Waals surface area contributed by atoms with Gasteiger partial charge in [-0.05, 0) is 49.5 Å². The first-order chi connectivity index (χ1) is 9.10. The summed E-state index contributed by atoms with van der Waals surface area (Å²) in [7, 11) is 1.59. The molecule has 19 heavy (non-hydrogen) atoms. The van der Waals surface area contributed by atoms with Crippen LogP contribution in [0, 0.1) is 5.92 Å². The van der Waals surface area contributed by atoms with Gasteiger partial charge in [0.05, 0.1) is 13.7 Å². The normalized spacial score (nSPS) is 15.2. The topological polar surface area (TPSA) is 55.8 Å². The van der Waals surface area contributed by atoms with E-state index in [-0.39, 0.29) is 0 Å². The van der Waals surface area contributed by atoms with E-state index in [2.05, 4.69) is 0 Å².